The Hall–Kier alpha value is -2.25. The minimum Gasteiger partial charge on any atom is -0.258 e. The second-order valence-electron chi connectivity index (χ2n) is 5.89. The summed E-state index contributed by atoms with van der Waals surface area (Å²) in [5, 5.41) is 11.0. The topological polar surface area (TPSA) is 89.3 Å². The zero-order valence-corrected chi connectivity index (χ0v) is 14.6. The Balaban J connectivity index is 2.27. The number of benzene rings is 2. The number of para-hydroxylation sites is 1. The number of hydrogen-bond donors (Lipinski definition) is 1. The van der Waals surface area contributed by atoms with Crippen LogP contribution in [0.15, 0.2) is 53.4 Å². The average molecular weight is 348 g/mol. The van der Waals surface area contributed by atoms with Crippen LogP contribution < -0.4 is 4.72 Å². The van der Waals surface area contributed by atoms with E-state index in [1.807, 2.05) is 24.3 Å². The van der Waals surface area contributed by atoms with Crippen molar-refractivity contribution in [2.75, 3.05) is 0 Å². The molecule has 2 rings (SSSR count). The van der Waals surface area contributed by atoms with Gasteiger partial charge in [0.2, 0.25) is 10.0 Å². The van der Waals surface area contributed by atoms with E-state index in [1.54, 1.807) is 6.92 Å². The predicted molar refractivity (Wildman–Crippen MR) is 92.4 cm³/mol. The molecule has 1 atom stereocenters. The molecule has 0 amide bonds. The van der Waals surface area contributed by atoms with Crippen LogP contribution in [0.25, 0.3) is 0 Å². The van der Waals surface area contributed by atoms with Crippen LogP contribution in [0.3, 0.4) is 0 Å². The van der Waals surface area contributed by atoms with E-state index in [0.29, 0.717) is 5.92 Å². The van der Waals surface area contributed by atoms with Crippen molar-refractivity contribution in [1.82, 2.24) is 4.72 Å². The molecule has 7 heteroatoms. The molecule has 0 bridgehead atoms. The van der Waals surface area contributed by atoms with Gasteiger partial charge in [-0.15, -0.1) is 0 Å². The minimum absolute atomic E-state index is 0.333. The van der Waals surface area contributed by atoms with Gasteiger partial charge in [0.1, 0.15) is 0 Å². The maximum atomic E-state index is 12.5. The zero-order valence-electron chi connectivity index (χ0n) is 13.8. The molecular formula is C17H20N2O4S. The van der Waals surface area contributed by atoms with Gasteiger partial charge < -0.3 is 0 Å². The molecule has 0 unspecified atom stereocenters. The first-order valence-electron chi connectivity index (χ1n) is 7.58. The standard InChI is InChI=1S/C17H20N2O4S/c1-12(2)14-8-10-15(11-9-14)13(3)18-24(22,23)17-7-5-4-6-16(17)19(20)21/h4-13,18H,1-3H3/t13-/m0/s1. The molecule has 0 saturated heterocycles. The van der Waals surface area contributed by atoms with Crippen molar-refractivity contribution < 1.29 is 13.3 Å². The lowest BCUT2D eigenvalue weighted by Gasteiger charge is -2.16. The highest BCUT2D eigenvalue weighted by molar-refractivity contribution is 7.89. The third-order valence-corrected chi connectivity index (χ3v) is 5.37. The zero-order chi connectivity index (χ0) is 17.9. The van der Waals surface area contributed by atoms with Crippen molar-refractivity contribution in [1.29, 1.82) is 0 Å². The number of sulfonamides is 1. The molecule has 6 nitrogen and oxygen atoms in total. The molecule has 0 aliphatic carbocycles. The SMILES string of the molecule is CC(C)c1ccc([C@H](C)NS(=O)(=O)c2ccccc2[N+](=O)[O-])cc1. The third-order valence-electron chi connectivity index (χ3n) is 3.79. The van der Waals surface area contributed by atoms with Gasteiger partial charge >= 0.3 is 0 Å². The summed E-state index contributed by atoms with van der Waals surface area (Å²) in [6.07, 6.45) is 0. The first kappa shape index (κ1) is 18.1. The average Bonchev–Trinajstić information content (AvgIpc) is 2.54. The minimum atomic E-state index is -4.00. The lowest BCUT2D eigenvalue weighted by molar-refractivity contribution is -0.387. The molecule has 2 aromatic rings. The molecule has 0 aromatic heterocycles. The Bertz CT molecular complexity index is 830. The molecule has 0 aliphatic rings. The monoisotopic (exact) mass is 348 g/mol. The summed E-state index contributed by atoms with van der Waals surface area (Å²) in [5.74, 6) is 0.387. The van der Waals surface area contributed by atoms with Crippen LogP contribution >= 0.6 is 0 Å². The molecule has 0 heterocycles. The van der Waals surface area contributed by atoms with Gasteiger partial charge in [0.25, 0.3) is 5.69 Å². The molecule has 0 radical (unpaired) electrons. The first-order chi connectivity index (χ1) is 11.2. The summed E-state index contributed by atoms with van der Waals surface area (Å²) in [6.45, 7) is 5.86. The van der Waals surface area contributed by atoms with Crippen LogP contribution in [0.1, 0.15) is 43.9 Å². The Morgan fingerprint density at radius 2 is 1.50 bits per heavy atom. The van der Waals surface area contributed by atoms with Crippen molar-refractivity contribution in [3.05, 3.63) is 69.8 Å². The number of hydrogen-bond acceptors (Lipinski definition) is 4. The van der Waals surface area contributed by atoms with E-state index in [-0.39, 0.29) is 4.90 Å². The highest BCUT2D eigenvalue weighted by Crippen LogP contribution is 2.25. The molecule has 24 heavy (non-hydrogen) atoms. The number of rotatable bonds is 6. The number of nitrogens with one attached hydrogen (secondary N) is 1. The lowest BCUT2D eigenvalue weighted by atomic mass is 10.00. The van der Waals surface area contributed by atoms with Crippen molar-refractivity contribution >= 4 is 15.7 Å². The maximum absolute atomic E-state index is 12.5. The van der Waals surface area contributed by atoms with E-state index in [0.717, 1.165) is 11.1 Å². The number of nitro benzene ring substituents is 1. The smallest absolute Gasteiger partial charge is 0.258 e. The molecule has 0 spiro atoms. The van der Waals surface area contributed by atoms with Crippen molar-refractivity contribution in [2.24, 2.45) is 0 Å². The summed E-state index contributed by atoms with van der Waals surface area (Å²) in [6, 6.07) is 12.4. The fraction of sp³-hybridized carbons (Fsp3) is 0.294. The Kier molecular flexibility index (Phi) is 5.36. The van der Waals surface area contributed by atoms with Crippen molar-refractivity contribution in [3.8, 4) is 0 Å². The highest BCUT2D eigenvalue weighted by Gasteiger charge is 2.26. The van der Waals surface area contributed by atoms with Crippen molar-refractivity contribution in [3.63, 3.8) is 0 Å². The van der Waals surface area contributed by atoms with Gasteiger partial charge in [-0.05, 0) is 30.0 Å². The summed E-state index contributed by atoms with van der Waals surface area (Å²) >= 11 is 0. The molecule has 2 aromatic carbocycles. The molecule has 0 aliphatic heterocycles. The van der Waals surface area contributed by atoms with Crippen LogP contribution in [0, 0.1) is 10.1 Å². The van der Waals surface area contributed by atoms with Gasteiger partial charge in [0, 0.05) is 12.1 Å². The van der Waals surface area contributed by atoms with Crippen LogP contribution in [-0.4, -0.2) is 13.3 Å². The van der Waals surface area contributed by atoms with E-state index in [1.165, 1.54) is 24.3 Å². The van der Waals surface area contributed by atoms with Gasteiger partial charge in [-0.3, -0.25) is 10.1 Å². The molecule has 0 fully saturated rings. The summed E-state index contributed by atoms with van der Waals surface area (Å²) in [7, 11) is -4.00. The van der Waals surface area contributed by atoms with Crippen LogP contribution in [0.4, 0.5) is 5.69 Å². The largest absolute Gasteiger partial charge is 0.289 e. The van der Waals surface area contributed by atoms with Crippen LogP contribution in [-0.2, 0) is 10.0 Å². The Morgan fingerprint density at radius 3 is 2.04 bits per heavy atom. The predicted octanol–water partition coefficient (Wildman–Crippen LogP) is 3.76. The number of nitrogens with zero attached hydrogens (tertiary/aromatic N) is 1. The first-order valence-corrected chi connectivity index (χ1v) is 9.06. The van der Waals surface area contributed by atoms with E-state index < -0.39 is 26.7 Å². The second-order valence-corrected chi connectivity index (χ2v) is 7.57. The second kappa shape index (κ2) is 7.11. The van der Waals surface area contributed by atoms with E-state index in [2.05, 4.69) is 18.6 Å². The molecule has 128 valence electrons. The molecule has 0 saturated carbocycles. The maximum Gasteiger partial charge on any atom is 0.289 e. The van der Waals surface area contributed by atoms with Crippen LogP contribution in [0.2, 0.25) is 0 Å². The summed E-state index contributed by atoms with van der Waals surface area (Å²) in [5.41, 5.74) is 1.52. The van der Waals surface area contributed by atoms with Gasteiger partial charge in [-0.2, -0.15) is 0 Å². The third kappa shape index (κ3) is 3.98. The molecular weight excluding hydrogens is 328 g/mol. The normalized spacial score (nSPS) is 13.0. The summed E-state index contributed by atoms with van der Waals surface area (Å²) < 4.78 is 27.5. The van der Waals surface area contributed by atoms with Gasteiger partial charge in [-0.25, -0.2) is 13.1 Å². The lowest BCUT2D eigenvalue weighted by Crippen LogP contribution is -2.27. The van der Waals surface area contributed by atoms with E-state index >= 15 is 0 Å². The van der Waals surface area contributed by atoms with Crippen molar-refractivity contribution in [2.45, 2.75) is 37.6 Å². The van der Waals surface area contributed by atoms with Gasteiger partial charge in [-0.1, -0.05) is 50.2 Å². The Morgan fingerprint density at radius 1 is 0.958 bits per heavy atom. The quantitative estimate of drug-likeness (QED) is 0.636. The van der Waals surface area contributed by atoms with Gasteiger partial charge in [0.05, 0.1) is 4.92 Å². The number of nitro groups is 1. The van der Waals surface area contributed by atoms with Crippen LogP contribution in [0.5, 0.6) is 0 Å². The fourth-order valence-corrected chi connectivity index (χ4v) is 3.77. The van der Waals surface area contributed by atoms with E-state index in [9.17, 15) is 18.5 Å². The molecule has 1 N–H and O–H groups in total. The van der Waals surface area contributed by atoms with E-state index in [4.69, 9.17) is 0 Å². The fourth-order valence-electron chi connectivity index (χ4n) is 2.37. The highest BCUT2D eigenvalue weighted by atomic mass is 32.2. The summed E-state index contributed by atoms with van der Waals surface area (Å²) in [4.78, 5) is 10.0. The Labute approximate surface area is 141 Å². The van der Waals surface area contributed by atoms with Gasteiger partial charge in [0.15, 0.2) is 4.90 Å².